The number of pyridine rings is 1. The molecule has 9 heteroatoms. The van der Waals surface area contributed by atoms with Crippen LogP contribution in [-0.4, -0.2) is 40.6 Å². The minimum atomic E-state index is -3.96. The Hall–Kier alpha value is -3.56. The molecule has 0 aliphatic carbocycles. The Labute approximate surface area is 196 Å². The van der Waals surface area contributed by atoms with Crippen LogP contribution < -0.4 is 5.32 Å². The zero-order valence-electron chi connectivity index (χ0n) is 18.5. The van der Waals surface area contributed by atoms with Crippen molar-refractivity contribution in [3.05, 3.63) is 84.3 Å². The molecule has 1 aliphatic rings. The minimum absolute atomic E-state index is 0.0380. The summed E-state index contributed by atoms with van der Waals surface area (Å²) in [5, 5.41) is 2.96. The molecule has 1 N–H and O–H groups in total. The molecule has 0 saturated carbocycles. The quantitative estimate of drug-likeness (QED) is 0.465. The molecule has 1 atom stereocenters. The normalized spacial score (nSPS) is 16.7. The standard InChI is InChI=1S/C25H23FN4O3S/c1-17-9-14-22-27-23(18-6-3-2-4-7-18)24(29(22)16-17)28-25(31)21-8-5-15-30(21)34(32,33)20-12-10-19(26)11-13-20/h2-4,6-7,9-14,16,21H,5,8,15H2,1H3,(H,28,31)/t21-/m0/s1. The molecule has 1 aliphatic heterocycles. The second kappa shape index (κ2) is 8.66. The summed E-state index contributed by atoms with van der Waals surface area (Å²) in [5.74, 6) is -0.462. The lowest BCUT2D eigenvalue weighted by atomic mass is 10.1. The molecule has 2 aromatic carbocycles. The molecule has 7 nitrogen and oxygen atoms in total. The highest BCUT2D eigenvalue weighted by Gasteiger charge is 2.40. The van der Waals surface area contributed by atoms with Gasteiger partial charge in [0.2, 0.25) is 15.9 Å². The maximum Gasteiger partial charge on any atom is 0.244 e. The molecule has 174 valence electrons. The van der Waals surface area contributed by atoms with Crippen LogP contribution in [-0.2, 0) is 14.8 Å². The Morgan fingerprint density at radius 1 is 1.06 bits per heavy atom. The van der Waals surface area contributed by atoms with E-state index in [1.54, 1.807) is 0 Å². The highest BCUT2D eigenvalue weighted by atomic mass is 32.2. The van der Waals surface area contributed by atoms with Gasteiger partial charge in [-0.3, -0.25) is 9.20 Å². The summed E-state index contributed by atoms with van der Waals surface area (Å²) in [6, 6.07) is 17.1. The van der Waals surface area contributed by atoms with E-state index < -0.39 is 27.8 Å². The largest absolute Gasteiger partial charge is 0.309 e. The zero-order chi connectivity index (χ0) is 23.9. The van der Waals surface area contributed by atoms with Crippen molar-refractivity contribution in [1.82, 2.24) is 13.7 Å². The summed E-state index contributed by atoms with van der Waals surface area (Å²) < 4.78 is 42.8. The summed E-state index contributed by atoms with van der Waals surface area (Å²) in [7, 11) is -3.96. The number of hydrogen-bond acceptors (Lipinski definition) is 4. The van der Waals surface area contributed by atoms with E-state index in [1.165, 1.54) is 16.4 Å². The number of nitrogens with zero attached hydrogens (tertiary/aromatic N) is 3. The summed E-state index contributed by atoms with van der Waals surface area (Å²) >= 11 is 0. The molecular weight excluding hydrogens is 455 g/mol. The van der Waals surface area contributed by atoms with Crippen molar-refractivity contribution < 1.29 is 17.6 Å². The first-order chi connectivity index (χ1) is 16.3. The number of hydrogen-bond donors (Lipinski definition) is 1. The van der Waals surface area contributed by atoms with Gasteiger partial charge in [-0.1, -0.05) is 36.4 Å². The first kappa shape index (κ1) is 22.2. The molecule has 0 radical (unpaired) electrons. The third-order valence-corrected chi connectivity index (χ3v) is 7.90. The number of halogens is 1. The number of aryl methyl sites for hydroxylation is 1. The SMILES string of the molecule is Cc1ccc2nc(-c3ccccc3)c(NC(=O)[C@@H]3CCCN3S(=O)(=O)c3ccc(F)cc3)n2c1. The van der Waals surface area contributed by atoms with Crippen molar-refractivity contribution in [2.45, 2.75) is 30.7 Å². The van der Waals surface area contributed by atoms with Gasteiger partial charge in [0.15, 0.2) is 0 Å². The van der Waals surface area contributed by atoms with Gasteiger partial charge in [-0.05, 0) is 55.7 Å². The van der Waals surface area contributed by atoms with E-state index in [-0.39, 0.29) is 11.4 Å². The van der Waals surface area contributed by atoms with Crippen LogP contribution in [0.15, 0.2) is 77.8 Å². The third-order valence-electron chi connectivity index (χ3n) is 5.98. The van der Waals surface area contributed by atoms with Crippen LogP contribution in [0.5, 0.6) is 0 Å². The minimum Gasteiger partial charge on any atom is -0.309 e. The smallest absolute Gasteiger partial charge is 0.244 e. The number of rotatable bonds is 5. The van der Waals surface area contributed by atoms with Gasteiger partial charge in [-0.15, -0.1) is 0 Å². The Kier molecular flexibility index (Phi) is 5.66. The second-order valence-corrected chi connectivity index (χ2v) is 10.2. The summed E-state index contributed by atoms with van der Waals surface area (Å²) in [5.41, 5.74) is 3.09. The van der Waals surface area contributed by atoms with Crippen LogP contribution in [0.1, 0.15) is 18.4 Å². The maximum absolute atomic E-state index is 13.4. The van der Waals surface area contributed by atoms with E-state index >= 15 is 0 Å². The number of carbonyl (C=O) groups excluding carboxylic acids is 1. The number of carbonyl (C=O) groups is 1. The Morgan fingerprint density at radius 2 is 1.79 bits per heavy atom. The fourth-order valence-corrected chi connectivity index (χ4v) is 5.96. The van der Waals surface area contributed by atoms with Crippen molar-refractivity contribution in [2.75, 3.05) is 11.9 Å². The number of fused-ring (bicyclic) bond motifs is 1. The number of sulfonamides is 1. The van der Waals surface area contributed by atoms with E-state index in [9.17, 15) is 17.6 Å². The molecule has 1 amide bonds. The molecule has 2 aromatic heterocycles. The first-order valence-electron chi connectivity index (χ1n) is 11.0. The molecule has 5 rings (SSSR count). The topological polar surface area (TPSA) is 83.8 Å². The van der Waals surface area contributed by atoms with Crippen molar-refractivity contribution in [1.29, 1.82) is 0 Å². The molecule has 4 aromatic rings. The van der Waals surface area contributed by atoms with Gasteiger partial charge < -0.3 is 5.32 Å². The van der Waals surface area contributed by atoms with Gasteiger partial charge in [-0.2, -0.15) is 4.31 Å². The Bertz CT molecular complexity index is 1470. The number of aromatic nitrogens is 2. The van der Waals surface area contributed by atoms with Gasteiger partial charge in [-0.25, -0.2) is 17.8 Å². The highest BCUT2D eigenvalue weighted by Crippen LogP contribution is 2.31. The lowest BCUT2D eigenvalue weighted by Crippen LogP contribution is -2.43. The van der Waals surface area contributed by atoms with Gasteiger partial charge in [0.05, 0.1) is 4.90 Å². The zero-order valence-corrected chi connectivity index (χ0v) is 19.3. The van der Waals surface area contributed by atoms with Crippen LogP contribution in [0, 0.1) is 12.7 Å². The molecule has 0 spiro atoms. The number of imidazole rings is 1. The maximum atomic E-state index is 13.4. The van der Waals surface area contributed by atoms with Crippen molar-refractivity contribution in [3.8, 4) is 11.3 Å². The second-order valence-electron chi connectivity index (χ2n) is 8.33. The van der Waals surface area contributed by atoms with E-state index in [2.05, 4.69) is 5.32 Å². The van der Waals surface area contributed by atoms with Gasteiger partial charge in [0.25, 0.3) is 0 Å². The summed E-state index contributed by atoms with van der Waals surface area (Å²) in [6.45, 7) is 2.16. The van der Waals surface area contributed by atoms with Crippen molar-refractivity contribution in [2.24, 2.45) is 0 Å². The lowest BCUT2D eigenvalue weighted by molar-refractivity contribution is -0.119. The monoisotopic (exact) mass is 478 g/mol. The molecule has 0 bridgehead atoms. The predicted octanol–water partition coefficient (Wildman–Crippen LogP) is 4.24. The average molecular weight is 479 g/mol. The van der Waals surface area contributed by atoms with E-state index in [0.29, 0.717) is 30.0 Å². The number of amides is 1. The molecule has 34 heavy (non-hydrogen) atoms. The Balaban J connectivity index is 1.51. The molecule has 3 heterocycles. The third kappa shape index (κ3) is 3.97. The summed E-state index contributed by atoms with van der Waals surface area (Å²) in [6.07, 6.45) is 2.82. The van der Waals surface area contributed by atoms with Crippen LogP contribution in [0.3, 0.4) is 0 Å². The average Bonchev–Trinajstić information content (AvgIpc) is 3.46. The van der Waals surface area contributed by atoms with Crippen LogP contribution in [0.4, 0.5) is 10.2 Å². The predicted molar refractivity (Wildman–Crippen MR) is 127 cm³/mol. The number of benzene rings is 2. The lowest BCUT2D eigenvalue weighted by Gasteiger charge is -2.23. The van der Waals surface area contributed by atoms with Crippen LogP contribution in [0.2, 0.25) is 0 Å². The van der Waals surface area contributed by atoms with Gasteiger partial charge in [0.1, 0.15) is 29.0 Å². The van der Waals surface area contributed by atoms with Crippen molar-refractivity contribution >= 4 is 27.4 Å². The van der Waals surface area contributed by atoms with Crippen LogP contribution >= 0.6 is 0 Å². The number of anilines is 1. The van der Waals surface area contributed by atoms with Gasteiger partial charge >= 0.3 is 0 Å². The fourth-order valence-electron chi connectivity index (χ4n) is 4.30. The van der Waals surface area contributed by atoms with E-state index in [4.69, 9.17) is 4.98 Å². The fraction of sp³-hybridized carbons (Fsp3) is 0.200. The summed E-state index contributed by atoms with van der Waals surface area (Å²) in [4.78, 5) is 18.1. The van der Waals surface area contributed by atoms with E-state index in [0.717, 1.165) is 23.3 Å². The Morgan fingerprint density at radius 3 is 2.53 bits per heavy atom. The van der Waals surface area contributed by atoms with E-state index in [1.807, 2.05) is 60.0 Å². The molecular formula is C25H23FN4O3S. The van der Waals surface area contributed by atoms with Crippen LogP contribution in [0.25, 0.3) is 16.9 Å². The molecule has 1 saturated heterocycles. The molecule has 1 fully saturated rings. The number of nitrogens with one attached hydrogen (secondary N) is 1. The van der Waals surface area contributed by atoms with Crippen molar-refractivity contribution in [3.63, 3.8) is 0 Å². The van der Waals surface area contributed by atoms with Gasteiger partial charge in [0, 0.05) is 18.3 Å². The highest BCUT2D eigenvalue weighted by molar-refractivity contribution is 7.89. The molecule has 0 unspecified atom stereocenters. The first-order valence-corrected chi connectivity index (χ1v) is 12.4.